The van der Waals surface area contributed by atoms with Gasteiger partial charge in [0.1, 0.15) is 6.26 Å². The van der Waals surface area contributed by atoms with E-state index in [9.17, 15) is 4.79 Å². The minimum Gasteiger partial charge on any atom is -0.444 e. The van der Waals surface area contributed by atoms with Crippen molar-refractivity contribution in [3.8, 4) is 11.5 Å². The Labute approximate surface area is 140 Å². The molecule has 0 radical (unpaired) electrons. The Morgan fingerprint density at radius 3 is 2.61 bits per heavy atom. The highest BCUT2D eigenvalue weighted by atomic mass is 35.5. The first kappa shape index (κ1) is 16.0. The summed E-state index contributed by atoms with van der Waals surface area (Å²) in [6, 6.07) is 7.89. The Morgan fingerprint density at radius 1 is 1.30 bits per heavy atom. The molecule has 0 aliphatic carbocycles. The van der Waals surface area contributed by atoms with Crippen LogP contribution in [-0.2, 0) is 11.2 Å². The highest BCUT2D eigenvalue weighted by molar-refractivity contribution is 6.30. The number of carbonyl (C=O) groups is 1. The first-order valence-electron chi connectivity index (χ1n) is 7.75. The molecule has 3 rings (SSSR count). The van der Waals surface area contributed by atoms with Crippen LogP contribution in [0.2, 0.25) is 5.02 Å². The highest BCUT2D eigenvalue weighted by Crippen LogP contribution is 2.21. The van der Waals surface area contributed by atoms with Gasteiger partial charge in [-0.05, 0) is 38.1 Å². The first-order valence-corrected chi connectivity index (χ1v) is 8.13. The van der Waals surface area contributed by atoms with Crippen molar-refractivity contribution in [3.63, 3.8) is 0 Å². The Bertz CT molecular complexity index is 673. The van der Waals surface area contributed by atoms with Crippen LogP contribution in [-0.4, -0.2) is 41.0 Å². The summed E-state index contributed by atoms with van der Waals surface area (Å²) in [7, 11) is 0. The fourth-order valence-corrected chi connectivity index (χ4v) is 3.04. The van der Waals surface area contributed by atoms with E-state index in [1.807, 2.05) is 17.0 Å². The van der Waals surface area contributed by atoms with Gasteiger partial charge in [0.15, 0.2) is 0 Å². The van der Waals surface area contributed by atoms with Crippen LogP contribution in [0, 0.1) is 0 Å². The van der Waals surface area contributed by atoms with E-state index in [0.29, 0.717) is 28.7 Å². The average molecular weight is 334 g/mol. The Morgan fingerprint density at radius 2 is 1.96 bits per heavy atom. The molecule has 2 heterocycles. The lowest BCUT2D eigenvalue weighted by atomic mass is 10.1. The predicted octanol–water partition coefficient (Wildman–Crippen LogP) is 2.75. The molecule has 1 fully saturated rings. The van der Waals surface area contributed by atoms with E-state index in [-0.39, 0.29) is 12.3 Å². The van der Waals surface area contributed by atoms with Crippen LogP contribution in [0.5, 0.6) is 0 Å². The summed E-state index contributed by atoms with van der Waals surface area (Å²) in [4.78, 5) is 18.7. The SMILES string of the molecule is C[C@@H]1CN(C(=O)Cc2coc(-c3ccc(Cl)cc3)n2)C[C@@H](C)N1. The Balaban J connectivity index is 1.66. The third-order valence-electron chi connectivity index (χ3n) is 3.89. The standard InChI is InChI=1S/C17H20ClN3O2/c1-11-8-21(9-12(2)19-11)16(22)7-15-10-23-17(20-15)13-3-5-14(18)6-4-13/h3-6,10-12,19H,7-9H2,1-2H3/t11-,12-/m1/s1. The van der Waals surface area contributed by atoms with Gasteiger partial charge in [0.2, 0.25) is 11.8 Å². The van der Waals surface area contributed by atoms with Crippen molar-refractivity contribution in [2.45, 2.75) is 32.4 Å². The lowest BCUT2D eigenvalue weighted by Gasteiger charge is -2.36. The summed E-state index contributed by atoms with van der Waals surface area (Å²) in [6.45, 7) is 5.63. The van der Waals surface area contributed by atoms with Crippen LogP contribution in [0.1, 0.15) is 19.5 Å². The van der Waals surface area contributed by atoms with Crippen molar-refractivity contribution < 1.29 is 9.21 Å². The fraction of sp³-hybridized carbons (Fsp3) is 0.412. The number of benzene rings is 1. The maximum absolute atomic E-state index is 12.4. The molecule has 1 saturated heterocycles. The van der Waals surface area contributed by atoms with Gasteiger partial charge >= 0.3 is 0 Å². The third kappa shape index (κ3) is 3.92. The quantitative estimate of drug-likeness (QED) is 0.938. The van der Waals surface area contributed by atoms with Gasteiger partial charge in [0, 0.05) is 35.8 Å². The maximum atomic E-state index is 12.4. The minimum absolute atomic E-state index is 0.0844. The number of carbonyl (C=O) groups excluding carboxylic acids is 1. The number of nitrogens with one attached hydrogen (secondary N) is 1. The van der Waals surface area contributed by atoms with E-state index >= 15 is 0 Å². The second-order valence-electron chi connectivity index (χ2n) is 6.10. The molecule has 1 aliphatic rings. The van der Waals surface area contributed by atoms with Crippen molar-refractivity contribution in [1.82, 2.24) is 15.2 Å². The number of oxazole rings is 1. The smallest absolute Gasteiger partial charge is 0.228 e. The number of amides is 1. The minimum atomic E-state index is 0.0844. The first-order chi connectivity index (χ1) is 11.0. The molecule has 1 aliphatic heterocycles. The summed E-state index contributed by atoms with van der Waals surface area (Å²) >= 11 is 5.88. The number of hydrogen-bond donors (Lipinski definition) is 1. The number of piperazine rings is 1. The van der Waals surface area contributed by atoms with Gasteiger partial charge < -0.3 is 14.6 Å². The van der Waals surface area contributed by atoms with Gasteiger partial charge in [0.25, 0.3) is 0 Å². The zero-order valence-electron chi connectivity index (χ0n) is 13.3. The second kappa shape index (κ2) is 6.72. The van der Waals surface area contributed by atoms with E-state index in [4.69, 9.17) is 16.0 Å². The van der Waals surface area contributed by atoms with Gasteiger partial charge in [-0.15, -0.1) is 0 Å². The zero-order valence-corrected chi connectivity index (χ0v) is 14.0. The summed E-state index contributed by atoms with van der Waals surface area (Å²) in [6.07, 6.45) is 1.81. The van der Waals surface area contributed by atoms with Gasteiger partial charge in [-0.2, -0.15) is 0 Å². The average Bonchev–Trinajstić information content (AvgIpc) is 2.95. The van der Waals surface area contributed by atoms with Crippen molar-refractivity contribution in [3.05, 3.63) is 41.2 Å². The Kier molecular flexibility index (Phi) is 4.68. The van der Waals surface area contributed by atoms with Crippen LogP contribution in [0.4, 0.5) is 0 Å². The molecule has 122 valence electrons. The van der Waals surface area contributed by atoms with Gasteiger partial charge in [-0.1, -0.05) is 11.6 Å². The Hall–Kier alpha value is -1.85. The number of aromatic nitrogens is 1. The van der Waals surface area contributed by atoms with E-state index < -0.39 is 0 Å². The van der Waals surface area contributed by atoms with Gasteiger partial charge in [-0.3, -0.25) is 4.79 Å². The molecule has 1 amide bonds. The molecule has 1 aromatic heterocycles. The summed E-state index contributed by atoms with van der Waals surface area (Å²) in [5, 5.41) is 4.08. The van der Waals surface area contributed by atoms with Crippen LogP contribution >= 0.6 is 11.6 Å². The molecule has 5 nitrogen and oxygen atoms in total. The van der Waals surface area contributed by atoms with E-state index in [1.54, 1.807) is 18.4 Å². The molecule has 0 spiro atoms. The molecule has 0 unspecified atom stereocenters. The van der Waals surface area contributed by atoms with Gasteiger partial charge in [-0.25, -0.2) is 4.98 Å². The fourth-order valence-electron chi connectivity index (χ4n) is 2.91. The van der Waals surface area contributed by atoms with Crippen LogP contribution < -0.4 is 5.32 Å². The molecule has 2 aromatic rings. The van der Waals surface area contributed by atoms with Crippen LogP contribution in [0.15, 0.2) is 34.9 Å². The summed E-state index contributed by atoms with van der Waals surface area (Å²) in [5.74, 6) is 0.590. The van der Waals surface area contributed by atoms with E-state index in [1.165, 1.54) is 0 Å². The third-order valence-corrected chi connectivity index (χ3v) is 4.14. The largest absolute Gasteiger partial charge is 0.444 e. The lowest BCUT2D eigenvalue weighted by Crippen LogP contribution is -2.56. The molecule has 23 heavy (non-hydrogen) atoms. The van der Waals surface area contributed by atoms with Crippen molar-refractivity contribution in [1.29, 1.82) is 0 Å². The molecule has 6 heteroatoms. The van der Waals surface area contributed by atoms with E-state index in [0.717, 1.165) is 18.7 Å². The topological polar surface area (TPSA) is 58.4 Å². The molecule has 1 N–H and O–H groups in total. The predicted molar refractivity (Wildman–Crippen MR) is 89.3 cm³/mol. The van der Waals surface area contributed by atoms with Crippen molar-refractivity contribution >= 4 is 17.5 Å². The molecular weight excluding hydrogens is 314 g/mol. The van der Waals surface area contributed by atoms with Gasteiger partial charge in [0.05, 0.1) is 12.1 Å². The molecular formula is C17H20ClN3O2. The van der Waals surface area contributed by atoms with Crippen LogP contribution in [0.25, 0.3) is 11.5 Å². The molecule has 0 saturated carbocycles. The highest BCUT2D eigenvalue weighted by Gasteiger charge is 2.25. The molecule has 2 atom stereocenters. The monoisotopic (exact) mass is 333 g/mol. The number of hydrogen-bond acceptors (Lipinski definition) is 4. The lowest BCUT2D eigenvalue weighted by molar-refractivity contribution is -0.132. The number of nitrogens with zero attached hydrogens (tertiary/aromatic N) is 2. The van der Waals surface area contributed by atoms with Crippen molar-refractivity contribution in [2.24, 2.45) is 0 Å². The number of halogens is 1. The second-order valence-corrected chi connectivity index (χ2v) is 6.53. The molecule has 0 bridgehead atoms. The summed E-state index contributed by atoms with van der Waals surface area (Å²) < 4.78 is 5.48. The number of rotatable bonds is 3. The van der Waals surface area contributed by atoms with Crippen molar-refractivity contribution in [2.75, 3.05) is 13.1 Å². The zero-order chi connectivity index (χ0) is 16.4. The maximum Gasteiger partial charge on any atom is 0.228 e. The molecule has 1 aromatic carbocycles. The van der Waals surface area contributed by atoms with Crippen LogP contribution in [0.3, 0.4) is 0 Å². The normalized spacial score (nSPS) is 21.4. The summed E-state index contributed by atoms with van der Waals surface area (Å²) in [5.41, 5.74) is 1.50. The van der Waals surface area contributed by atoms with E-state index in [2.05, 4.69) is 24.1 Å².